The lowest BCUT2D eigenvalue weighted by Gasteiger charge is -2.23. The lowest BCUT2D eigenvalue weighted by Crippen LogP contribution is -2.31. The number of anilines is 5. The number of halogens is 1. The fourth-order valence-electron chi connectivity index (χ4n) is 10.3. The van der Waals surface area contributed by atoms with E-state index in [1.54, 1.807) is 59.5 Å². The molecular formula is C63H53ClN6O5. The van der Waals surface area contributed by atoms with Gasteiger partial charge in [-0.3, -0.25) is 24.0 Å². The minimum Gasteiger partial charge on any atom is -0.345 e. The van der Waals surface area contributed by atoms with Gasteiger partial charge in [0.05, 0.1) is 17.3 Å². The normalized spacial score (nSPS) is 14.2. The molecule has 0 spiro atoms. The molecule has 75 heavy (non-hydrogen) atoms. The van der Waals surface area contributed by atoms with Crippen LogP contribution in [0, 0.1) is 0 Å². The van der Waals surface area contributed by atoms with Gasteiger partial charge in [-0.05, 0) is 138 Å². The number of benzene rings is 8. The van der Waals surface area contributed by atoms with Gasteiger partial charge in [0.2, 0.25) is 5.91 Å². The van der Waals surface area contributed by atoms with Crippen molar-refractivity contribution in [2.75, 3.05) is 38.8 Å². The van der Waals surface area contributed by atoms with Crippen LogP contribution in [0.25, 0.3) is 33.2 Å². The molecule has 12 heteroatoms. The molecule has 3 aliphatic heterocycles. The zero-order chi connectivity index (χ0) is 50.7. The Morgan fingerprint density at radius 1 is 0.533 bits per heavy atom. The summed E-state index contributed by atoms with van der Waals surface area (Å²) in [5, 5.41) is 10.5. The number of nitrogens with one attached hydrogen (secondary N) is 4. The van der Waals surface area contributed by atoms with Gasteiger partial charge in [0.25, 0.3) is 23.6 Å². The first-order valence-corrected chi connectivity index (χ1v) is 25.1. The van der Waals surface area contributed by atoms with Crippen LogP contribution in [0.2, 0.25) is 5.15 Å². The number of carbonyl (C=O) groups excluding carboxylic acids is 5. The molecule has 11 nitrogen and oxygen atoms in total. The third-order valence-electron chi connectivity index (χ3n) is 13.9. The molecule has 1 aromatic heterocycles. The predicted octanol–water partition coefficient (Wildman–Crippen LogP) is 14.1. The summed E-state index contributed by atoms with van der Waals surface area (Å²) < 4.78 is 0. The van der Waals surface area contributed by atoms with Crippen molar-refractivity contribution >= 4 is 80.5 Å². The minimum absolute atomic E-state index is 0. The Morgan fingerprint density at radius 3 is 1.60 bits per heavy atom. The maximum Gasteiger partial charge on any atom is 0.258 e. The molecule has 5 amide bonds. The Balaban J connectivity index is 0.000000169. The van der Waals surface area contributed by atoms with Gasteiger partial charge in [0.1, 0.15) is 5.15 Å². The Bertz CT molecular complexity index is 3620. The van der Waals surface area contributed by atoms with E-state index in [1.807, 2.05) is 144 Å². The van der Waals surface area contributed by atoms with E-state index in [0.717, 1.165) is 87.0 Å². The number of rotatable bonds is 8. The van der Waals surface area contributed by atoms with Crippen LogP contribution < -0.4 is 25.8 Å². The smallest absolute Gasteiger partial charge is 0.258 e. The van der Waals surface area contributed by atoms with Crippen molar-refractivity contribution in [1.29, 1.82) is 0 Å². The number of hydrogen-bond acceptors (Lipinski definition) is 5. The molecule has 12 rings (SSSR count). The highest BCUT2D eigenvalue weighted by atomic mass is 35.5. The topological polar surface area (TPSA) is 144 Å². The van der Waals surface area contributed by atoms with E-state index >= 15 is 0 Å². The molecule has 1 unspecified atom stereocenters. The fraction of sp³-hybridized carbons (Fsp3) is 0.127. The number of nitrogens with zero attached hydrogens (tertiary/aromatic N) is 2. The van der Waals surface area contributed by atoms with Gasteiger partial charge in [-0.15, -0.1) is 0 Å². The first-order chi connectivity index (χ1) is 36.2. The lowest BCUT2D eigenvalue weighted by atomic mass is 9.95. The van der Waals surface area contributed by atoms with E-state index in [0.29, 0.717) is 51.9 Å². The summed E-state index contributed by atoms with van der Waals surface area (Å²) in [6.07, 6.45) is 3.10. The quantitative estimate of drug-likeness (QED) is 0.120. The number of H-pyrrole nitrogens is 1. The Kier molecular flexibility index (Phi) is 14.2. The molecule has 4 heterocycles. The van der Waals surface area contributed by atoms with Crippen molar-refractivity contribution in [3.63, 3.8) is 0 Å². The second kappa shape index (κ2) is 21.6. The van der Waals surface area contributed by atoms with Crippen molar-refractivity contribution in [1.82, 2.24) is 4.98 Å². The number of amides is 5. The highest BCUT2D eigenvalue weighted by Gasteiger charge is 2.37. The largest absolute Gasteiger partial charge is 0.345 e. The average molecular weight is 1010 g/mol. The molecule has 0 radical (unpaired) electrons. The SMILES string of the molecule is C.O=C(Nc1ccc(C(=O)N2CCCC3C(=O)Nc4cccc2c43)cc1)c1ccccc1-c1ccccc1.O=C(Nc1ccc(C(=O)N2CCCc3c(Cl)[nH]c4cccc2c34)cc1)c1ccccc1-c1ccccc1. The molecule has 3 aliphatic rings. The van der Waals surface area contributed by atoms with E-state index in [2.05, 4.69) is 20.9 Å². The van der Waals surface area contributed by atoms with E-state index in [1.165, 1.54) is 0 Å². The van der Waals surface area contributed by atoms with E-state index in [9.17, 15) is 24.0 Å². The molecular weight excluding hydrogens is 956 g/mol. The van der Waals surface area contributed by atoms with Gasteiger partial charge < -0.3 is 30.7 Å². The Morgan fingerprint density at radius 2 is 1.03 bits per heavy atom. The van der Waals surface area contributed by atoms with Crippen molar-refractivity contribution in [2.24, 2.45) is 0 Å². The fourth-order valence-corrected chi connectivity index (χ4v) is 10.6. The molecule has 0 aliphatic carbocycles. The summed E-state index contributed by atoms with van der Waals surface area (Å²) in [5.74, 6) is -0.819. The Labute approximate surface area is 440 Å². The van der Waals surface area contributed by atoms with Gasteiger partial charge in [-0.25, -0.2) is 0 Å². The van der Waals surface area contributed by atoms with Crippen molar-refractivity contribution in [3.05, 3.63) is 233 Å². The molecule has 0 saturated heterocycles. The van der Waals surface area contributed by atoms with E-state index in [-0.39, 0.29) is 42.9 Å². The molecule has 0 saturated carbocycles. The number of aromatic nitrogens is 1. The number of aromatic amines is 1. The van der Waals surface area contributed by atoms with Crippen LogP contribution in [-0.4, -0.2) is 47.6 Å². The third-order valence-corrected chi connectivity index (χ3v) is 14.2. The monoisotopic (exact) mass is 1010 g/mol. The summed E-state index contributed by atoms with van der Waals surface area (Å²) >= 11 is 6.44. The second-order valence-electron chi connectivity index (χ2n) is 18.4. The average Bonchev–Trinajstić information content (AvgIpc) is 3.75. The maximum atomic E-state index is 13.6. The number of aryl methyl sites for hydroxylation is 1. The third kappa shape index (κ3) is 9.93. The van der Waals surface area contributed by atoms with Gasteiger partial charge >= 0.3 is 0 Å². The second-order valence-corrected chi connectivity index (χ2v) is 18.8. The van der Waals surface area contributed by atoms with Crippen LogP contribution in [-0.2, 0) is 11.2 Å². The zero-order valence-corrected chi connectivity index (χ0v) is 40.9. The van der Waals surface area contributed by atoms with E-state index in [4.69, 9.17) is 11.6 Å². The molecule has 0 bridgehead atoms. The molecule has 1 atom stereocenters. The van der Waals surface area contributed by atoms with Crippen molar-refractivity contribution < 1.29 is 24.0 Å². The minimum atomic E-state index is -0.214. The summed E-state index contributed by atoms with van der Waals surface area (Å²) in [7, 11) is 0. The Hall–Kier alpha value is -9.06. The van der Waals surface area contributed by atoms with Crippen LogP contribution in [0.1, 0.15) is 85.2 Å². The summed E-state index contributed by atoms with van der Waals surface area (Å²) in [6, 6.07) is 60.2. The molecule has 8 aromatic carbocycles. The van der Waals surface area contributed by atoms with Crippen LogP contribution in [0.3, 0.4) is 0 Å². The molecule has 372 valence electrons. The standard InChI is InChI=1S/C31H24ClN3O2.C31H25N3O3.CH4/c32-29-25-12-7-19-35(27-14-6-13-26(34-29)28(25)27)31(37)21-15-17-22(18-16-21)33-30(36)24-11-5-4-10-23(24)20-8-2-1-3-9-20;35-29(24-11-5-4-10-23(24)20-8-2-1-3-9-20)32-22-17-15-21(16-18-22)31(37)34-19-7-12-25-28-26(33-30(25)36)13-6-14-27(28)34;/h1-6,8-11,13-18,34H,7,12,19H2,(H,33,36);1-6,8-11,13-18,25H,7,12,19H2,(H,32,35)(H,33,36);1H4. The highest BCUT2D eigenvalue weighted by molar-refractivity contribution is 6.32. The summed E-state index contributed by atoms with van der Waals surface area (Å²) in [6.45, 7) is 1.16. The number of hydrogen-bond donors (Lipinski definition) is 4. The van der Waals surface area contributed by atoms with Crippen LogP contribution in [0.5, 0.6) is 0 Å². The van der Waals surface area contributed by atoms with Gasteiger partial charge in [-0.2, -0.15) is 0 Å². The summed E-state index contributed by atoms with van der Waals surface area (Å²) in [5.41, 5.74) is 12.5. The van der Waals surface area contributed by atoms with Crippen molar-refractivity contribution in [3.8, 4) is 22.3 Å². The molecule has 0 fully saturated rings. The van der Waals surface area contributed by atoms with Crippen LogP contribution in [0.4, 0.5) is 28.4 Å². The lowest BCUT2D eigenvalue weighted by molar-refractivity contribution is -0.117. The van der Waals surface area contributed by atoms with Crippen LogP contribution >= 0.6 is 11.6 Å². The van der Waals surface area contributed by atoms with Gasteiger partial charge in [0, 0.05) is 68.9 Å². The van der Waals surface area contributed by atoms with Gasteiger partial charge in [-0.1, -0.05) is 128 Å². The predicted molar refractivity (Wildman–Crippen MR) is 301 cm³/mol. The van der Waals surface area contributed by atoms with Crippen LogP contribution in [0.15, 0.2) is 194 Å². The van der Waals surface area contributed by atoms with Crippen molar-refractivity contribution in [2.45, 2.75) is 39.0 Å². The van der Waals surface area contributed by atoms with E-state index < -0.39 is 0 Å². The number of carbonyl (C=O) groups is 5. The zero-order valence-electron chi connectivity index (χ0n) is 40.1. The summed E-state index contributed by atoms with van der Waals surface area (Å²) in [4.78, 5) is 72.6. The highest BCUT2D eigenvalue weighted by Crippen LogP contribution is 2.44. The molecule has 9 aromatic rings. The van der Waals surface area contributed by atoms with Gasteiger partial charge in [0.15, 0.2) is 0 Å². The maximum absolute atomic E-state index is 13.6. The molecule has 4 N–H and O–H groups in total. The first kappa shape index (κ1) is 49.5. The first-order valence-electron chi connectivity index (χ1n) is 24.7.